The molecule has 0 radical (unpaired) electrons. The standard InChI is InChI=1S/C6H13PS3/c8-7(9,10)6-4-2-1-3-5-6/h6H,1-5H2,(H2,8,9,10). The molecular weight excluding hydrogens is 199 g/mol. The van der Waals surface area contributed by atoms with Crippen LogP contribution in [-0.4, -0.2) is 5.66 Å². The molecule has 0 aromatic heterocycles. The summed E-state index contributed by atoms with van der Waals surface area (Å²) in [6.07, 6.45) is 6.59. The zero-order valence-corrected chi connectivity index (χ0v) is 9.36. The average molecular weight is 212 g/mol. The second-order valence-electron chi connectivity index (χ2n) is 2.88. The summed E-state index contributed by atoms with van der Waals surface area (Å²) in [4.78, 5) is 0. The molecular formula is C6H13PS3. The van der Waals surface area contributed by atoms with Gasteiger partial charge in [-0.15, -0.1) is 24.5 Å². The maximum Gasteiger partial charge on any atom is 0.0543 e. The maximum absolute atomic E-state index is 5.24. The summed E-state index contributed by atoms with van der Waals surface area (Å²) in [5.41, 5.74) is 0.655. The average Bonchev–Trinajstić information content (AvgIpc) is 1.88. The molecule has 0 bridgehead atoms. The van der Waals surface area contributed by atoms with Gasteiger partial charge in [0.15, 0.2) is 0 Å². The van der Waals surface area contributed by atoms with E-state index in [9.17, 15) is 0 Å². The van der Waals surface area contributed by atoms with E-state index in [1.807, 2.05) is 0 Å². The molecule has 0 aromatic carbocycles. The van der Waals surface area contributed by atoms with Gasteiger partial charge in [-0.2, -0.15) is 0 Å². The summed E-state index contributed by atoms with van der Waals surface area (Å²) in [5, 5.41) is 0. The van der Waals surface area contributed by atoms with E-state index in [-0.39, 0.29) is 0 Å². The summed E-state index contributed by atoms with van der Waals surface area (Å²) >= 11 is 14.0. The van der Waals surface area contributed by atoms with Gasteiger partial charge in [-0.1, -0.05) is 31.1 Å². The van der Waals surface area contributed by atoms with Crippen LogP contribution in [0.25, 0.3) is 0 Å². The van der Waals surface area contributed by atoms with Crippen molar-refractivity contribution in [1.29, 1.82) is 0 Å². The first-order valence-corrected chi connectivity index (χ1v) is 8.83. The molecule has 0 amide bonds. The topological polar surface area (TPSA) is 0 Å². The molecule has 0 unspecified atom stereocenters. The van der Waals surface area contributed by atoms with Crippen LogP contribution in [0.4, 0.5) is 0 Å². The first-order chi connectivity index (χ1) is 4.61. The lowest BCUT2D eigenvalue weighted by atomic mass is 10.0. The molecule has 0 heterocycles. The zero-order chi connectivity index (χ0) is 7.61. The lowest BCUT2D eigenvalue weighted by Crippen LogP contribution is -2.08. The molecule has 10 heavy (non-hydrogen) atoms. The lowest BCUT2D eigenvalue weighted by Gasteiger charge is -2.26. The number of hydrogen-bond acceptors (Lipinski definition) is 1. The minimum atomic E-state index is -1.52. The molecule has 1 saturated carbocycles. The Hall–Kier alpha value is 1.35. The van der Waals surface area contributed by atoms with Crippen LogP contribution in [0.1, 0.15) is 32.1 Å². The molecule has 0 aromatic rings. The van der Waals surface area contributed by atoms with Gasteiger partial charge in [-0.05, 0) is 12.8 Å². The Bertz CT molecular complexity index is 145. The predicted molar refractivity (Wildman–Crippen MR) is 59.1 cm³/mol. The largest absolute Gasteiger partial charge is 0.131 e. The van der Waals surface area contributed by atoms with E-state index < -0.39 is 4.44 Å². The second-order valence-corrected chi connectivity index (χ2v) is 12.9. The van der Waals surface area contributed by atoms with Gasteiger partial charge >= 0.3 is 0 Å². The number of thiol groups is 2. The minimum Gasteiger partial charge on any atom is -0.131 e. The SMILES string of the molecule is S=P(S)(S)C1CCCCC1. The Morgan fingerprint density at radius 3 is 1.90 bits per heavy atom. The molecule has 60 valence electrons. The van der Waals surface area contributed by atoms with E-state index in [1.165, 1.54) is 32.1 Å². The van der Waals surface area contributed by atoms with Crippen molar-refractivity contribution in [3.05, 3.63) is 0 Å². The zero-order valence-electron chi connectivity index (χ0n) is 5.86. The fraction of sp³-hybridized carbons (Fsp3) is 1.00. The van der Waals surface area contributed by atoms with E-state index >= 15 is 0 Å². The van der Waals surface area contributed by atoms with Crippen LogP contribution in [0.15, 0.2) is 0 Å². The van der Waals surface area contributed by atoms with E-state index in [1.54, 1.807) is 0 Å². The fourth-order valence-electron chi connectivity index (χ4n) is 1.42. The molecule has 0 saturated heterocycles. The maximum atomic E-state index is 5.24. The Balaban J connectivity index is 2.47. The Labute approximate surface area is 78.5 Å². The highest BCUT2D eigenvalue weighted by atomic mass is 33.2. The summed E-state index contributed by atoms with van der Waals surface area (Å²) in [7, 11) is 0. The molecule has 4 heteroatoms. The van der Waals surface area contributed by atoms with Gasteiger partial charge in [0, 0.05) is 5.66 Å². The van der Waals surface area contributed by atoms with Crippen molar-refractivity contribution in [2.24, 2.45) is 0 Å². The van der Waals surface area contributed by atoms with Gasteiger partial charge in [0.25, 0.3) is 0 Å². The van der Waals surface area contributed by atoms with Gasteiger partial charge < -0.3 is 0 Å². The highest BCUT2D eigenvalue weighted by Crippen LogP contribution is 2.63. The van der Waals surface area contributed by atoms with E-state index in [0.29, 0.717) is 5.66 Å². The van der Waals surface area contributed by atoms with Crippen molar-refractivity contribution in [3.63, 3.8) is 0 Å². The van der Waals surface area contributed by atoms with Crippen molar-refractivity contribution in [2.45, 2.75) is 37.8 Å². The van der Waals surface area contributed by atoms with Crippen LogP contribution in [0.3, 0.4) is 0 Å². The van der Waals surface area contributed by atoms with Crippen LogP contribution in [0.5, 0.6) is 0 Å². The van der Waals surface area contributed by atoms with Crippen LogP contribution in [0, 0.1) is 0 Å². The third-order valence-electron chi connectivity index (χ3n) is 2.05. The predicted octanol–water partition coefficient (Wildman–Crippen LogP) is 3.49. The lowest BCUT2D eigenvalue weighted by molar-refractivity contribution is 0.514. The van der Waals surface area contributed by atoms with Crippen molar-refractivity contribution in [1.82, 2.24) is 0 Å². The highest BCUT2D eigenvalue weighted by molar-refractivity contribution is 8.92. The molecule has 0 atom stereocenters. The Kier molecular flexibility index (Phi) is 3.62. The van der Waals surface area contributed by atoms with Crippen molar-refractivity contribution in [2.75, 3.05) is 0 Å². The van der Waals surface area contributed by atoms with Crippen LogP contribution in [-0.2, 0) is 11.8 Å². The molecule has 1 aliphatic rings. The molecule has 1 aliphatic carbocycles. The number of hydrogen-bond donors (Lipinski definition) is 2. The Morgan fingerprint density at radius 2 is 1.60 bits per heavy atom. The van der Waals surface area contributed by atoms with Gasteiger partial charge in [0.1, 0.15) is 0 Å². The normalized spacial score (nSPS) is 23.0. The van der Waals surface area contributed by atoms with Crippen molar-refractivity contribution >= 4 is 40.7 Å². The molecule has 1 fully saturated rings. The van der Waals surface area contributed by atoms with Gasteiger partial charge in [-0.3, -0.25) is 0 Å². The molecule has 0 N–H and O–H groups in total. The third kappa shape index (κ3) is 2.77. The van der Waals surface area contributed by atoms with Crippen LogP contribution in [0.2, 0.25) is 0 Å². The van der Waals surface area contributed by atoms with Crippen LogP contribution < -0.4 is 0 Å². The van der Waals surface area contributed by atoms with E-state index in [2.05, 4.69) is 24.5 Å². The number of rotatable bonds is 1. The van der Waals surface area contributed by atoms with E-state index in [4.69, 9.17) is 11.8 Å². The van der Waals surface area contributed by atoms with Crippen molar-refractivity contribution in [3.8, 4) is 0 Å². The smallest absolute Gasteiger partial charge is 0.0543 e. The van der Waals surface area contributed by atoms with Gasteiger partial charge in [0.2, 0.25) is 0 Å². The van der Waals surface area contributed by atoms with Crippen LogP contribution >= 0.6 is 28.9 Å². The van der Waals surface area contributed by atoms with Gasteiger partial charge in [0.05, 0.1) is 4.44 Å². The van der Waals surface area contributed by atoms with Crippen molar-refractivity contribution < 1.29 is 0 Å². The molecule has 0 aliphatic heterocycles. The molecule has 1 rings (SSSR count). The monoisotopic (exact) mass is 212 g/mol. The quantitative estimate of drug-likeness (QED) is 0.495. The fourth-order valence-corrected chi connectivity index (χ4v) is 4.47. The molecule has 0 nitrogen and oxygen atoms in total. The Morgan fingerprint density at radius 1 is 1.10 bits per heavy atom. The van der Waals surface area contributed by atoms with E-state index in [0.717, 1.165) is 0 Å². The molecule has 0 spiro atoms. The first-order valence-electron chi connectivity index (χ1n) is 3.66. The summed E-state index contributed by atoms with van der Waals surface area (Å²) in [6, 6.07) is 0. The first kappa shape index (κ1) is 9.44. The highest BCUT2D eigenvalue weighted by Gasteiger charge is 2.22. The summed E-state index contributed by atoms with van der Waals surface area (Å²) in [6.45, 7) is 0. The third-order valence-corrected chi connectivity index (χ3v) is 6.37. The minimum absolute atomic E-state index is 0.655. The summed E-state index contributed by atoms with van der Waals surface area (Å²) in [5.74, 6) is 0. The summed E-state index contributed by atoms with van der Waals surface area (Å²) < 4.78 is -1.52. The second kappa shape index (κ2) is 3.84. The van der Waals surface area contributed by atoms with Gasteiger partial charge in [-0.25, -0.2) is 0 Å².